The summed E-state index contributed by atoms with van der Waals surface area (Å²) in [7, 11) is 0. The molecule has 1 atom stereocenters. The molecule has 0 spiro atoms. The van der Waals surface area contributed by atoms with Crippen LogP contribution in [0.4, 0.5) is 0 Å². The Balaban J connectivity index is 2.51. The first kappa shape index (κ1) is 14.5. The highest BCUT2D eigenvalue weighted by Gasteiger charge is 2.16. The summed E-state index contributed by atoms with van der Waals surface area (Å²) >= 11 is 0. The van der Waals surface area contributed by atoms with E-state index in [-0.39, 0.29) is 0 Å². The fraction of sp³-hybridized carbons (Fsp3) is 0.412. The number of aromatic nitrogens is 1. The van der Waals surface area contributed by atoms with Crippen LogP contribution in [0.1, 0.15) is 61.5 Å². The Morgan fingerprint density at radius 2 is 2.05 bits per heavy atom. The van der Waals surface area contributed by atoms with E-state index in [1.165, 1.54) is 0 Å². The Bertz CT molecular complexity index is 607. The monoisotopic (exact) mass is 271 g/mol. The number of benzene rings is 1. The van der Waals surface area contributed by atoms with Crippen molar-refractivity contribution >= 4 is 16.9 Å². The van der Waals surface area contributed by atoms with Gasteiger partial charge in [0.15, 0.2) is 0 Å². The van der Waals surface area contributed by atoms with Crippen LogP contribution >= 0.6 is 0 Å². The fourth-order valence-corrected chi connectivity index (χ4v) is 2.59. The molecule has 0 aliphatic rings. The lowest BCUT2D eigenvalue weighted by atomic mass is 9.93. The van der Waals surface area contributed by atoms with Crippen LogP contribution in [-0.4, -0.2) is 16.1 Å². The minimum atomic E-state index is -0.879. The second kappa shape index (κ2) is 6.51. The van der Waals surface area contributed by atoms with Crippen molar-refractivity contribution < 1.29 is 9.90 Å². The Kier molecular flexibility index (Phi) is 4.72. The maximum atomic E-state index is 11.5. The van der Waals surface area contributed by atoms with Gasteiger partial charge in [-0.3, -0.25) is 4.98 Å². The van der Waals surface area contributed by atoms with E-state index in [4.69, 9.17) is 0 Å². The van der Waals surface area contributed by atoms with E-state index in [2.05, 4.69) is 18.8 Å². The highest BCUT2D eigenvalue weighted by Crippen LogP contribution is 2.28. The lowest BCUT2D eigenvalue weighted by Crippen LogP contribution is -2.06. The van der Waals surface area contributed by atoms with Gasteiger partial charge in [0.1, 0.15) is 0 Å². The molecule has 3 nitrogen and oxygen atoms in total. The predicted molar refractivity (Wildman–Crippen MR) is 81.3 cm³/mol. The van der Waals surface area contributed by atoms with Gasteiger partial charge in [0, 0.05) is 17.0 Å². The smallest absolute Gasteiger partial charge is 0.336 e. The highest BCUT2D eigenvalue weighted by molar-refractivity contribution is 6.02. The van der Waals surface area contributed by atoms with Crippen molar-refractivity contribution in [3.8, 4) is 0 Å². The van der Waals surface area contributed by atoms with Gasteiger partial charge in [-0.1, -0.05) is 44.9 Å². The maximum absolute atomic E-state index is 11.5. The number of carboxylic acids is 1. The van der Waals surface area contributed by atoms with Crippen LogP contribution in [-0.2, 0) is 0 Å². The summed E-state index contributed by atoms with van der Waals surface area (Å²) in [6, 6.07) is 9.22. The average molecular weight is 271 g/mol. The van der Waals surface area contributed by atoms with Crippen LogP contribution in [0, 0.1) is 0 Å². The number of pyridine rings is 1. The van der Waals surface area contributed by atoms with E-state index in [0.29, 0.717) is 16.9 Å². The third kappa shape index (κ3) is 2.98. The number of para-hydroxylation sites is 1. The van der Waals surface area contributed by atoms with E-state index in [1.807, 2.05) is 24.3 Å². The molecule has 0 bridgehead atoms. The molecule has 1 aromatic carbocycles. The zero-order valence-corrected chi connectivity index (χ0v) is 12.1. The first-order valence-electron chi connectivity index (χ1n) is 7.30. The molecule has 3 heteroatoms. The Hall–Kier alpha value is -1.90. The summed E-state index contributed by atoms with van der Waals surface area (Å²) in [6.07, 6.45) is 4.35. The van der Waals surface area contributed by atoms with Gasteiger partial charge in [0.2, 0.25) is 0 Å². The third-order valence-electron chi connectivity index (χ3n) is 3.78. The van der Waals surface area contributed by atoms with Gasteiger partial charge >= 0.3 is 5.97 Å². The zero-order chi connectivity index (χ0) is 14.5. The summed E-state index contributed by atoms with van der Waals surface area (Å²) < 4.78 is 0. The lowest BCUT2D eigenvalue weighted by Gasteiger charge is -2.15. The largest absolute Gasteiger partial charge is 0.478 e. The molecule has 0 amide bonds. The van der Waals surface area contributed by atoms with E-state index in [0.717, 1.165) is 36.9 Å². The molecular weight excluding hydrogens is 250 g/mol. The van der Waals surface area contributed by atoms with Crippen molar-refractivity contribution in [1.29, 1.82) is 0 Å². The Morgan fingerprint density at radius 1 is 1.30 bits per heavy atom. The zero-order valence-electron chi connectivity index (χ0n) is 12.1. The molecule has 1 aromatic heterocycles. The number of aromatic carboxylic acids is 1. The van der Waals surface area contributed by atoms with Crippen molar-refractivity contribution in [3.05, 3.63) is 41.6 Å². The van der Waals surface area contributed by atoms with Crippen LogP contribution < -0.4 is 0 Å². The standard InChI is InChI=1S/C17H21NO2/c1-3-5-8-12(4-2)16-11-14(17(19)20)13-9-6-7-10-15(13)18-16/h6-7,9-12H,3-5,8H2,1-2H3,(H,19,20). The Morgan fingerprint density at radius 3 is 2.70 bits per heavy atom. The minimum Gasteiger partial charge on any atom is -0.478 e. The molecule has 1 unspecified atom stereocenters. The number of fused-ring (bicyclic) bond motifs is 1. The topological polar surface area (TPSA) is 50.2 Å². The van der Waals surface area contributed by atoms with Gasteiger partial charge in [-0.25, -0.2) is 4.79 Å². The first-order valence-corrected chi connectivity index (χ1v) is 7.30. The second-order valence-corrected chi connectivity index (χ2v) is 5.16. The Labute approximate surface area is 119 Å². The summed E-state index contributed by atoms with van der Waals surface area (Å²) in [4.78, 5) is 16.1. The number of rotatable bonds is 6. The predicted octanol–water partition coefficient (Wildman–Crippen LogP) is 4.62. The van der Waals surface area contributed by atoms with Crippen molar-refractivity contribution in [2.24, 2.45) is 0 Å². The number of hydrogen-bond acceptors (Lipinski definition) is 2. The summed E-state index contributed by atoms with van der Waals surface area (Å²) in [6.45, 7) is 4.31. The minimum absolute atomic E-state index is 0.345. The van der Waals surface area contributed by atoms with Crippen LogP contribution in [0.5, 0.6) is 0 Å². The van der Waals surface area contributed by atoms with Crippen molar-refractivity contribution in [1.82, 2.24) is 4.98 Å². The van der Waals surface area contributed by atoms with Crippen molar-refractivity contribution in [2.45, 2.75) is 45.4 Å². The van der Waals surface area contributed by atoms with E-state index < -0.39 is 5.97 Å². The van der Waals surface area contributed by atoms with E-state index in [9.17, 15) is 9.90 Å². The number of unbranched alkanes of at least 4 members (excludes halogenated alkanes) is 1. The lowest BCUT2D eigenvalue weighted by molar-refractivity contribution is 0.0699. The van der Waals surface area contributed by atoms with E-state index in [1.54, 1.807) is 6.07 Å². The highest BCUT2D eigenvalue weighted by atomic mass is 16.4. The van der Waals surface area contributed by atoms with Gasteiger partial charge in [0.05, 0.1) is 11.1 Å². The molecule has 1 N–H and O–H groups in total. The first-order chi connectivity index (χ1) is 9.67. The van der Waals surface area contributed by atoms with Gasteiger partial charge in [0.25, 0.3) is 0 Å². The molecule has 0 aliphatic heterocycles. The number of hydrogen-bond donors (Lipinski definition) is 1. The second-order valence-electron chi connectivity index (χ2n) is 5.16. The molecule has 0 saturated heterocycles. The summed E-state index contributed by atoms with van der Waals surface area (Å²) in [5.74, 6) is -0.534. The van der Waals surface area contributed by atoms with Gasteiger partial charge < -0.3 is 5.11 Å². The molecule has 0 radical (unpaired) electrons. The fourth-order valence-electron chi connectivity index (χ4n) is 2.59. The van der Waals surface area contributed by atoms with E-state index >= 15 is 0 Å². The normalized spacial score (nSPS) is 12.5. The molecular formula is C17H21NO2. The summed E-state index contributed by atoms with van der Waals surface area (Å²) in [5.41, 5.74) is 2.05. The summed E-state index contributed by atoms with van der Waals surface area (Å²) in [5, 5.41) is 10.1. The molecule has 2 aromatic rings. The SMILES string of the molecule is CCCCC(CC)c1cc(C(=O)O)c2ccccc2n1. The molecule has 1 heterocycles. The van der Waals surface area contributed by atoms with Crippen LogP contribution in [0.25, 0.3) is 10.9 Å². The number of nitrogens with zero attached hydrogens (tertiary/aromatic N) is 1. The van der Waals surface area contributed by atoms with Gasteiger partial charge in [-0.15, -0.1) is 0 Å². The quantitative estimate of drug-likeness (QED) is 0.834. The van der Waals surface area contributed by atoms with Gasteiger partial charge in [-0.2, -0.15) is 0 Å². The average Bonchev–Trinajstić information content (AvgIpc) is 2.47. The molecule has 0 aliphatic carbocycles. The van der Waals surface area contributed by atoms with Crippen LogP contribution in [0.2, 0.25) is 0 Å². The molecule has 20 heavy (non-hydrogen) atoms. The van der Waals surface area contributed by atoms with Crippen LogP contribution in [0.3, 0.4) is 0 Å². The third-order valence-corrected chi connectivity index (χ3v) is 3.78. The molecule has 0 saturated carbocycles. The molecule has 106 valence electrons. The molecule has 2 rings (SSSR count). The maximum Gasteiger partial charge on any atom is 0.336 e. The van der Waals surface area contributed by atoms with Gasteiger partial charge in [-0.05, 0) is 25.0 Å². The van der Waals surface area contributed by atoms with Crippen LogP contribution in [0.15, 0.2) is 30.3 Å². The number of carboxylic acid groups (broad SMARTS) is 1. The molecule has 0 fully saturated rings. The number of carbonyl (C=O) groups is 1. The van der Waals surface area contributed by atoms with Crippen molar-refractivity contribution in [3.63, 3.8) is 0 Å². The van der Waals surface area contributed by atoms with Crippen molar-refractivity contribution in [2.75, 3.05) is 0 Å².